The summed E-state index contributed by atoms with van der Waals surface area (Å²) < 4.78 is 0. The Morgan fingerprint density at radius 2 is 1.85 bits per heavy atom. The van der Waals surface area contributed by atoms with Crippen LogP contribution >= 0.6 is 35.6 Å². The number of carbonyl (C=O) groups is 1. The quantitative estimate of drug-likeness (QED) is 0.832. The highest BCUT2D eigenvalue weighted by atomic mass is 35.5. The first-order valence-electron chi connectivity index (χ1n) is 6.39. The van der Waals surface area contributed by atoms with Crippen LogP contribution in [-0.4, -0.2) is 18.0 Å². The zero-order valence-electron chi connectivity index (χ0n) is 11.7. The molecule has 0 radical (unpaired) electrons. The Morgan fingerprint density at radius 1 is 1.25 bits per heavy atom. The second-order valence-electron chi connectivity index (χ2n) is 4.77. The molecule has 0 heterocycles. The number of hydrogen-bond donors (Lipinski definition) is 2. The van der Waals surface area contributed by atoms with Gasteiger partial charge in [0.2, 0.25) is 5.91 Å². The molecule has 0 aromatic heterocycles. The highest BCUT2D eigenvalue weighted by Gasteiger charge is 2.20. The standard InChI is InChI=1S/C14H20Cl2N2O.ClH/c1-3-14(17,4-2)9-18-13(19)8-10-5-6-11(15)12(16)7-10;/h5-7H,3-4,8-9,17H2,1-2H3,(H,18,19);1H. The normalized spacial score (nSPS) is 10.8. The lowest BCUT2D eigenvalue weighted by Gasteiger charge is -2.26. The van der Waals surface area contributed by atoms with E-state index in [9.17, 15) is 4.79 Å². The van der Waals surface area contributed by atoms with E-state index in [1.165, 1.54) is 0 Å². The van der Waals surface area contributed by atoms with Gasteiger partial charge in [-0.05, 0) is 30.5 Å². The fourth-order valence-corrected chi connectivity index (χ4v) is 1.99. The monoisotopic (exact) mass is 338 g/mol. The summed E-state index contributed by atoms with van der Waals surface area (Å²) in [6.07, 6.45) is 1.94. The van der Waals surface area contributed by atoms with Gasteiger partial charge in [0, 0.05) is 12.1 Å². The molecule has 0 spiro atoms. The lowest BCUT2D eigenvalue weighted by atomic mass is 9.94. The molecule has 0 aliphatic rings. The van der Waals surface area contributed by atoms with Crippen LogP contribution in [0.4, 0.5) is 0 Å². The van der Waals surface area contributed by atoms with Gasteiger partial charge in [0.15, 0.2) is 0 Å². The smallest absolute Gasteiger partial charge is 0.224 e. The Kier molecular flexibility index (Phi) is 8.52. The van der Waals surface area contributed by atoms with E-state index in [1.807, 2.05) is 13.8 Å². The van der Waals surface area contributed by atoms with Crippen molar-refractivity contribution < 1.29 is 4.79 Å². The van der Waals surface area contributed by atoms with E-state index in [0.717, 1.165) is 18.4 Å². The van der Waals surface area contributed by atoms with E-state index < -0.39 is 0 Å². The summed E-state index contributed by atoms with van der Waals surface area (Å²) in [6.45, 7) is 4.53. The maximum absolute atomic E-state index is 11.8. The first kappa shape index (κ1) is 19.5. The zero-order chi connectivity index (χ0) is 14.5. The number of rotatable bonds is 6. The van der Waals surface area contributed by atoms with Gasteiger partial charge in [0.1, 0.15) is 0 Å². The average Bonchev–Trinajstić information content (AvgIpc) is 2.40. The molecule has 1 aromatic rings. The zero-order valence-corrected chi connectivity index (χ0v) is 14.0. The number of halogens is 3. The van der Waals surface area contributed by atoms with Gasteiger partial charge in [-0.15, -0.1) is 12.4 Å². The second-order valence-corrected chi connectivity index (χ2v) is 5.59. The number of carbonyl (C=O) groups excluding carboxylic acids is 1. The molecule has 0 saturated heterocycles. The van der Waals surface area contributed by atoms with Crippen LogP contribution in [0, 0.1) is 0 Å². The highest BCUT2D eigenvalue weighted by Crippen LogP contribution is 2.22. The summed E-state index contributed by atoms with van der Waals surface area (Å²) in [5.41, 5.74) is 6.64. The van der Waals surface area contributed by atoms with Crippen LogP contribution in [0.25, 0.3) is 0 Å². The minimum atomic E-state index is -0.326. The topological polar surface area (TPSA) is 55.1 Å². The van der Waals surface area contributed by atoms with E-state index in [1.54, 1.807) is 18.2 Å². The largest absolute Gasteiger partial charge is 0.354 e. The minimum absolute atomic E-state index is 0. The predicted octanol–water partition coefficient (Wildman–Crippen LogP) is 3.59. The minimum Gasteiger partial charge on any atom is -0.354 e. The van der Waals surface area contributed by atoms with Crippen molar-refractivity contribution in [3.8, 4) is 0 Å². The molecule has 114 valence electrons. The van der Waals surface area contributed by atoms with Gasteiger partial charge in [-0.3, -0.25) is 4.79 Å². The second kappa shape index (κ2) is 8.73. The maximum atomic E-state index is 11.8. The fraction of sp³-hybridized carbons (Fsp3) is 0.500. The molecule has 0 atom stereocenters. The van der Waals surface area contributed by atoms with Gasteiger partial charge in [-0.1, -0.05) is 43.1 Å². The lowest BCUT2D eigenvalue weighted by molar-refractivity contribution is -0.120. The Morgan fingerprint density at radius 3 is 2.35 bits per heavy atom. The molecule has 3 N–H and O–H groups in total. The molecule has 1 aromatic carbocycles. The van der Waals surface area contributed by atoms with Gasteiger partial charge in [-0.2, -0.15) is 0 Å². The molecule has 6 heteroatoms. The molecule has 0 saturated carbocycles. The van der Waals surface area contributed by atoms with Crippen LogP contribution in [0.2, 0.25) is 10.0 Å². The third kappa shape index (κ3) is 5.88. The van der Waals surface area contributed by atoms with Gasteiger partial charge in [0.05, 0.1) is 16.5 Å². The fourth-order valence-electron chi connectivity index (χ4n) is 1.67. The van der Waals surface area contributed by atoms with Crippen molar-refractivity contribution in [1.29, 1.82) is 0 Å². The van der Waals surface area contributed by atoms with Gasteiger partial charge in [0.25, 0.3) is 0 Å². The van der Waals surface area contributed by atoms with Crippen molar-refractivity contribution in [2.75, 3.05) is 6.54 Å². The highest BCUT2D eigenvalue weighted by molar-refractivity contribution is 6.42. The Hall–Kier alpha value is -0.480. The molecule has 20 heavy (non-hydrogen) atoms. The molecular formula is C14H21Cl3N2O. The number of amides is 1. The number of nitrogens with one attached hydrogen (secondary N) is 1. The van der Waals surface area contributed by atoms with Crippen LogP contribution in [0.1, 0.15) is 32.3 Å². The van der Waals surface area contributed by atoms with Crippen molar-refractivity contribution in [3.05, 3.63) is 33.8 Å². The average molecular weight is 340 g/mol. The van der Waals surface area contributed by atoms with E-state index >= 15 is 0 Å². The van der Waals surface area contributed by atoms with E-state index in [-0.39, 0.29) is 30.3 Å². The summed E-state index contributed by atoms with van der Waals surface area (Å²) in [7, 11) is 0. The first-order chi connectivity index (χ1) is 8.90. The summed E-state index contributed by atoms with van der Waals surface area (Å²) in [4.78, 5) is 11.8. The molecule has 0 bridgehead atoms. The summed E-state index contributed by atoms with van der Waals surface area (Å²) in [5, 5.41) is 3.82. The molecule has 0 fully saturated rings. The van der Waals surface area contributed by atoms with E-state index in [2.05, 4.69) is 5.32 Å². The lowest BCUT2D eigenvalue weighted by Crippen LogP contribution is -2.49. The maximum Gasteiger partial charge on any atom is 0.224 e. The predicted molar refractivity (Wildman–Crippen MR) is 87.9 cm³/mol. The third-order valence-corrected chi connectivity index (χ3v) is 4.13. The van der Waals surface area contributed by atoms with Crippen molar-refractivity contribution >= 4 is 41.5 Å². The van der Waals surface area contributed by atoms with Crippen LogP contribution < -0.4 is 11.1 Å². The van der Waals surface area contributed by atoms with E-state index in [4.69, 9.17) is 28.9 Å². The van der Waals surface area contributed by atoms with Crippen molar-refractivity contribution in [2.45, 2.75) is 38.6 Å². The molecule has 0 aliphatic heterocycles. The third-order valence-electron chi connectivity index (χ3n) is 3.39. The Labute approximate surface area is 136 Å². The van der Waals surface area contributed by atoms with Crippen molar-refractivity contribution in [2.24, 2.45) is 5.73 Å². The Bertz CT molecular complexity index is 448. The van der Waals surface area contributed by atoms with E-state index in [0.29, 0.717) is 16.6 Å². The molecular weight excluding hydrogens is 319 g/mol. The van der Waals surface area contributed by atoms with Crippen LogP contribution in [0.3, 0.4) is 0 Å². The summed E-state index contributed by atoms with van der Waals surface area (Å²) >= 11 is 11.7. The number of benzene rings is 1. The molecule has 1 rings (SSSR count). The summed E-state index contributed by atoms with van der Waals surface area (Å²) in [5.74, 6) is -0.0601. The van der Waals surface area contributed by atoms with Crippen LogP contribution in [0.5, 0.6) is 0 Å². The van der Waals surface area contributed by atoms with Gasteiger partial charge < -0.3 is 11.1 Å². The van der Waals surface area contributed by atoms with Gasteiger partial charge >= 0.3 is 0 Å². The van der Waals surface area contributed by atoms with Crippen LogP contribution in [-0.2, 0) is 11.2 Å². The SMILES string of the molecule is CCC(N)(CC)CNC(=O)Cc1ccc(Cl)c(Cl)c1.Cl. The Balaban J connectivity index is 0.00000361. The molecule has 0 unspecified atom stereocenters. The number of nitrogens with two attached hydrogens (primary N) is 1. The molecule has 1 amide bonds. The summed E-state index contributed by atoms with van der Waals surface area (Å²) in [6, 6.07) is 5.19. The first-order valence-corrected chi connectivity index (χ1v) is 7.15. The number of hydrogen-bond acceptors (Lipinski definition) is 2. The van der Waals surface area contributed by atoms with Crippen molar-refractivity contribution in [3.63, 3.8) is 0 Å². The van der Waals surface area contributed by atoms with Crippen molar-refractivity contribution in [1.82, 2.24) is 5.32 Å². The molecule has 0 aliphatic carbocycles. The van der Waals surface area contributed by atoms with Gasteiger partial charge in [-0.25, -0.2) is 0 Å². The van der Waals surface area contributed by atoms with Crippen LogP contribution in [0.15, 0.2) is 18.2 Å². The molecule has 3 nitrogen and oxygen atoms in total.